The first-order valence-electron chi connectivity index (χ1n) is 10.9. The summed E-state index contributed by atoms with van der Waals surface area (Å²) in [7, 11) is 0. The van der Waals surface area contributed by atoms with Crippen molar-refractivity contribution in [1.82, 2.24) is 4.98 Å². The minimum atomic E-state index is 0.191. The normalized spacial score (nSPS) is 19.4. The number of pyridine rings is 1. The first kappa shape index (κ1) is 21.0. The maximum absolute atomic E-state index is 6.72. The topological polar surface area (TPSA) is 50.9 Å². The molecule has 0 spiro atoms. The zero-order valence-electron chi connectivity index (χ0n) is 17.3. The third-order valence-corrected chi connectivity index (χ3v) is 8.55. The highest BCUT2D eigenvalue weighted by atomic mass is 35.5. The first-order chi connectivity index (χ1) is 15.2. The number of fused-ring (bicyclic) bond motifs is 1. The molecule has 31 heavy (non-hydrogen) atoms. The van der Waals surface area contributed by atoms with Crippen LogP contribution in [0, 0.1) is 0 Å². The standard InChI is InChI=1S/C25H26ClN3S2/c26-21-14-20(28-15-17-10-7-13-30-17)25-23(29-21)22(16-8-3-1-4-9-16)24(31-25)18-11-5-2-6-12-19(18)27/h1,3-4,7-10,13-14,18-19H,2,5-6,11-12,15,27H2,(H,28,29)/t18-,19-/m0/s1. The Labute approximate surface area is 196 Å². The van der Waals surface area contributed by atoms with Crippen LogP contribution in [0.2, 0.25) is 5.15 Å². The summed E-state index contributed by atoms with van der Waals surface area (Å²) < 4.78 is 1.17. The molecule has 3 N–H and O–H groups in total. The zero-order valence-corrected chi connectivity index (χ0v) is 19.7. The molecule has 0 radical (unpaired) electrons. The summed E-state index contributed by atoms with van der Waals surface area (Å²) in [4.78, 5) is 7.48. The van der Waals surface area contributed by atoms with E-state index in [1.165, 1.54) is 44.8 Å². The zero-order chi connectivity index (χ0) is 21.2. The van der Waals surface area contributed by atoms with Gasteiger partial charge in [-0.1, -0.05) is 67.3 Å². The number of benzene rings is 1. The van der Waals surface area contributed by atoms with Crippen LogP contribution in [0.1, 0.15) is 47.8 Å². The van der Waals surface area contributed by atoms with E-state index in [0.717, 1.165) is 30.6 Å². The van der Waals surface area contributed by atoms with E-state index >= 15 is 0 Å². The lowest BCUT2D eigenvalue weighted by molar-refractivity contribution is 0.512. The highest BCUT2D eigenvalue weighted by Gasteiger charge is 2.29. The summed E-state index contributed by atoms with van der Waals surface area (Å²) in [5.41, 5.74) is 11.2. The first-order valence-corrected chi connectivity index (χ1v) is 13.0. The van der Waals surface area contributed by atoms with Crippen LogP contribution in [-0.2, 0) is 6.54 Å². The number of thiophene rings is 2. The van der Waals surface area contributed by atoms with Crippen LogP contribution in [0.25, 0.3) is 21.3 Å². The van der Waals surface area contributed by atoms with E-state index in [2.05, 4.69) is 53.2 Å². The molecule has 2 atom stereocenters. The van der Waals surface area contributed by atoms with Gasteiger partial charge in [0.25, 0.3) is 0 Å². The Kier molecular flexibility index (Phi) is 6.28. The summed E-state index contributed by atoms with van der Waals surface area (Å²) in [5.74, 6) is 0.362. The van der Waals surface area contributed by atoms with E-state index in [4.69, 9.17) is 22.3 Å². The molecule has 0 amide bonds. The molecule has 4 aromatic rings. The molecular formula is C25H26ClN3S2. The molecule has 3 nitrogen and oxygen atoms in total. The SMILES string of the molecule is N[C@H]1CCCCC[C@@H]1c1sc2c(NCc3cccs3)cc(Cl)nc2c1-c1ccccc1. The molecule has 1 aromatic carbocycles. The molecule has 5 rings (SSSR count). The quantitative estimate of drug-likeness (QED) is 0.234. The van der Waals surface area contributed by atoms with Gasteiger partial charge in [0.1, 0.15) is 5.15 Å². The van der Waals surface area contributed by atoms with Gasteiger partial charge in [-0.25, -0.2) is 4.98 Å². The Morgan fingerprint density at radius 3 is 2.71 bits per heavy atom. The second kappa shape index (κ2) is 9.29. The Balaban J connectivity index is 1.66. The number of halogens is 1. The lowest BCUT2D eigenvalue weighted by Crippen LogP contribution is -2.27. The summed E-state index contributed by atoms with van der Waals surface area (Å²) >= 11 is 10.1. The average Bonchev–Trinajstić information content (AvgIpc) is 3.37. The monoisotopic (exact) mass is 467 g/mol. The van der Waals surface area contributed by atoms with E-state index in [1.807, 2.05) is 17.4 Å². The van der Waals surface area contributed by atoms with Gasteiger partial charge in [0.15, 0.2) is 0 Å². The molecule has 1 aliphatic rings. The fourth-order valence-corrected chi connectivity index (χ4v) is 6.89. The molecule has 6 heteroatoms. The van der Waals surface area contributed by atoms with Crippen molar-refractivity contribution in [3.05, 3.63) is 68.8 Å². The Morgan fingerprint density at radius 2 is 1.90 bits per heavy atom. The molecule has 1 saturated carbocycles. The Bertz CT molecular complexity index is 1150. The van der Waals surface area contributed by atoms with Gasteiger partial charge in [0, 0.05) is 39.9 Å². The molecule has 1 fully saturated rings. The minimum Gasteiger partial charge on any atom is -0.379 e. The van der Waals surface area contributed by atoms with Crippen molar-refractivity contribution < 1.29 is 0 Å². The van der Waals surface area contributed by atoms with E-state index in [1.54, 1.807) is 11.3 Å². The van der Waals surface area contributed by atoms with Crippen molar-refractivity contribution in [3.63, 3.8) is 0 Å². The van der Waals surface area contributed by atoms with Crippen LogP contribution in [0.15, 0.2) is 53.9 Å². The molecule has 3 aromatic heterocycles. The molecule has 3 heterocycles. The third-order valence-electron chi connectivity index (χ3n) is 6.14. The molecular weight excluding hydrogens is 442 g/mol. The molecule has 0 unspecified atom stereocenters. The predicted octanol–water partition coefficient (Wildman–Crippen LogP) is 7.67. The largest absolute Gasteiger partial charge is 0.379 e. The average molecular weight is 468 g/mol. The Hall–Kier alpha value is -1.92. The molecule has 0 saturated heterocycles. The summed E-state index contributed by atoms with van der Waals surface area (Å²) in [6.07, 6.45) is 5.96. The number of hydrogen-bond donors (Lipinski definition) is 2. The van der Waals surface area contributed by atoms with E-state index < -0.39 is 0 Å². The van der Waals surface area contributed by atoms with Crippen LogP contribution < -0.4 is 11.1 Å². The van der Waals surface area contributed by atoms with Crippen LogP contribution in [-0.4, -0.2) is 11.0 Å². The fourth-order valence-electron chi connectivity index (χ4n) is 4.59. The lowest BCUT2D eigenvalue weighted by Gasteiger charge is -2.21. The van der Waals surface area contributed by atoms with Gasteiger partial charge in [-0.2, -0.15) is 0 Å². The van der Waals surface area contributed by atoms with Crippen LogP contribution in [0.5, 0.6) is 0 Å². The maximum atomic E-state index is 6.72. The van der Waals surface area contributed by atoms with Crippen molar-refractivity contribution >= 4 is 50.2 Å². The van der Waals surface area contributed by atoms with E-state index in [-0.39, 0.29) is 6.04 Å². The van der Waals surface area contributed by atoms with E-state index in [0.29, 0.717) is 11.1 Å². The highest BCUT2D eigenvalue weighted by Crippen LogP contribution is 2.48. The van der Waals surface area contributed by atoms with Gasteiger partial charge >= 0.3 is 0 Å². The van der Waals surface area contributed by atoms with Crippen LogP contribution in [0.3, 0.4) is 0 Å². The van der Waals surface area contributed by atoms with Crippen molar-refractivity contribution in [2.75, 3.05) is 5.32 Å². The molecule has 1 aliphatic carbocycles. The Morgan fingerprint density at radius 1 is 1.06 bits per heavy atom. The van der Waals surface area contributed by atoms with Gasteiger partial charge in [0.2, 0.25) is 0 Å². The second-order valence-electron chi connectivity index (χ2n) is 8.22. The number of hydrogen-bond acceptors (Lipinski definition) is 5. The lowest BCUT2D eigenvalue weighted by atomic mass is 9.89. The predicted molar refractivity (Wildman–Crippen MR) is 136 cm³/mol. The van der Waals surface area contributed by atoms with Gasteiger partial charge in [-0.3, -0.25) is 0 Å². The fraction of sp³-hybridized carbons (Fsp3) is 0.320. The van der Waals surface area contributed by atoms with Crippen LogP contribution in [0.4, 0.5) is 5.69 Å². The van der Waals surface area contributed by atoms with E-state index in [9.17, 15) is 0 Å². The van der Waals surface area contributed by atoms with Gasteiger partial charge in [-0.15, -0.1) is 22.7 Å². The number of nitrogens with one attached hydrogen (secondary N) is 1. The van der Waals surface area contributed by atoms with Crippen molar-refractivity contribution in [1.29, 1.82) is 0 Å². The molecule has 0 bridgehead atoms. The highest BCUT2D eigenvalue weighted by molar-refractivity contribution is 7.20. The van der Waals surface area contributed by atoms with Crippen molar-refractivity contribution in [3.8, 4) is 11.1 Å². The smallest absolute Gasteiger partial charge is 0.131 e. The third kappa shape index (κ3) is 4.37. The number of nitrogens with two attached hydrogens (primary N) is 1. The van der Waals surface area contributed by atoms with Crippen molar-refractivity contribution in [2.24, 2.45) is 5.73 Å². The number of nitrogens with zero attached hydrogens (tertiary/aromatic N) is 1. The van der Waals surface area contributed by atoms with Crippen LogP contribution >= 0.6 is 34.3 Å². The summed E-state index contributed by atoms with van der Waals surface area (Å²) in [6, 6.07) is 17.0. The van der Waals surface area contributed by atoms with Gasteiger partial charge in [0.05, 0.1) is 15.9 Å². The van der Waals surface area contributed by atoms with Gasteiger partial charge in [-0.05, 0) is 29.9 Å². The van der Waals surface area contributed by atoms with Crippen molar-refractivity contribution in [2.45, 2.75) is 50.6 Å². The molecule has 0 aliphatic heterocycles. The number of anilines is 1. The maximum Gasteiger partial charge on any atom is 0.131 e. The minimum absolute atomic E-state index is 0.191. The summed E-state index contributed by atoms with van der Waals surface area (Å²) in [6.45, 7) is 0.782. The summed E-state index contributed by atoms with van der Waals surface area (Å²) in [5, 5.41) is 6.24. The van der Waals surface area contributed by atoms with Gasteiger partial charge < -0.3 is 11.1 Å². The number of aromatic nitrogens is 1. The second-order valence-corrected chi connectivity index (χ2v) is 10.7. The molecule has 160 valence electrons. The number of rotatable bonds is 5.